The summed E-state index contributed by atoms with van der Waals surface area (Å²) in [6, 6.07) is 4.82. The molecule has 0 N–H and O–H groups in total. The number of piperidine rings is 1. The van der Waals surface area contributed by atoms with Crippen molar-refractivity contribution in [2.75, 3.05) is 22.9 Å². The van der Waals surface area contributed by atoms with Gasteiger partial charge in [0.15, 0.2) is 11.6 Å². The molecular formula is C21H18F3N3. The molecule has 1 aliphatic carbocycles. The van der Waals surface area contributed by atoms with Crippen molar-refractivity contribution in [1.82, 2.24) is 4.98 Å². The number of hydrogen-bond donors (Lipinski definition) is 0. The van der Waals surface area contributed by atoms with E-state index in [9.17, 15) is 13.2 Å². The second kappa shape index (κ2) is 5.62. The summed E-state index contributed by atoms with van der Waals surface area (Å²) in [7, 11) is 0. The van der Waals surface area contributed by atoms with Crippen LogP contribution in [0.2, 0.25) is 0 Å². The van der Waals surface area contributed by atoms with E-state index in [4.69, 9.17) is 0 Å². The van der Waals surface area contributed by atoms with Crippen LogP contribution < -0.4 is 9.80 Å². The van der Waals surface area contributed by atoms with Crippen LogP contribution in [0.25, 0.3) is 5.57 Å². The average molecular weight is 369 g/mol. The SMILES string of the molecule is C=C1C(C)=CN(c2ccc(F)cc2F)c2nc(N3CC4C[C@H]4C3)c(F)cc21. The predicted molar refractivity (Wildman–Crippen MR) is 99.3 cm³/mol. The van der Waals surface area contributed by atoms with Crippen molar-refractivity contribution in [3.63, 3.8) is 0 Å². The lowest BCUT2D eigenvalue weighted by molar-refractivity contribution is 0.583. The molecule has 1 saturated carbocycles. The molecule has 1 aromatic heterocycles. The van der Waals surface area contributed by atoms with Gasteiger partial charge in [-0.1, -0.05) is 6.58 Å². The van der Waals surface area contributed by atoms with Crippen molar-refractivity contribution >= 4 is 22.9 Å². The number of hydrogen-bond acceptors (Lipinski definition) is 3. The number of benzene rings is 1. The van der Waals surface area contributed by atoms with E-state index in [1.807, 2.05) is 11.8 Å². The van der Waals surface area contributed by atoms with Crippen LogP contribution in [0.3, 0.4) is 0 Å². The summed E-state index contributed by atoms with van der Waals surface area (Å²) >= 11 is 0. The predicted octanol–water partition coefficient (Wildman–Crippen LogP) is 5.02. The van der Waals surface area contributed by atoms with Gasteiger partial charge in [0.25, 0.3) is 0 Å². The summed E-state index contributed by atoms with van der Waals surface area (Å²) in [6.07, 6.45) is 2.91. The minimum absolute atomic E-state index is 0.166. The van der Waals surface area contributed by atoms with Gasteiger partial charge in [0.05, 0.1) is 5.69 Å². The lowest BCUT2D eigenvalue weighted by atomic mass is 9.97. The van der Waals surface area contributed by atoms with Crippen molar-refractivity contribution in [1.29, 1.82) is 0 Å². The van der Waals surface area contributed by atoms with Crippen molar-refractivity contribution in [2.45, 2.75) is 13.3 Å². The van der Waals surface area contributed by atoms with E-state index in [1.165, 1.54) is 24.6 Å². The Hall–Kier alpha value is -2.76. The minimum Gasteiger partial charge on any atom is -0.354 e. The largest absolute Gasteiger partial charge is 0.354 e. The molecule has 2 aliphatic heterocycles. The van der Waals surface area contributed by atoms with Gasteiger partial charge in [0.1, 0.15) is 17.5 Å². The molecule has 3 aliphatic rings. The van der Waals surface area contributed by atoms with Gasteiger partial charge in [0, 0.05) is 30.9 Å². The van der Waals surface area contributed by atoms with Crippen LogP contribution in [0.1, 0.15) is 18.9 Å². The van der Waals surface area contributed by atoms with Gasteiger partial charge in [-0.05, 0) is 54.5 Å². The van der Waals surface area contributed by atoms with Gasteiger partial charge in [-0.2, -0.15) is 0 Å². The van der Waals surface area contributed by atoms with Crippen LogP contribution in [0.15, 0.2) is 42.6 Å². The van der Waals surface area contributed by atoms with Gasteiger partial charge >= 0.3 is 0 Å². The molecule has 3 heterocycles. The van der Waals surface area contributed by atoms with Crippen molar-refractivity contribution in [2.24, 2.45) is 11.8 Å². The van der Waals surface area contributed by atoms with Crippen molar-refractivity contribution in [3.05, 3.63) is 65.6 Å². The second-order valence-corrected chi connectivity index (χ2v) is 7.58. The summed E-state index contributed by atoms with van der Waals surface area (Å²) in [5, 5.41) is 0. The highest BCUT2D eigenvalue weighted by atomic mass is 19.1. The third kappa shape index (κ3) is 2.54. The van der Waals surface area contributed by atoms with Gasteiger partial charge in [-0.3, -0.25) is 4.90 Å². The number of fused-ring (bicyclic) bond motifs is 2. The second-order valence-electron chi connectivity index (χ2n) is 7.58. The Kier molecular flexibility index (Phi) is 3.41. The minimum atomic E-state index is -0.701. The first-order valence-electron chi connectivity index (χ1n) is 9.00. The lowest BCUT2D eigenvalue weighted by Gasteiger charge is -2.31. The molecule has 3 nitrogen and oxygen atoms in total. The molecule has 2 fully saturated rings. The maximum absolute atomic E-state index is 14.8. The zero-order valence-electron chi connectivity index (χ0n) is 14.8. The summed E-state index contributed by atoms with van der Waals surface area (Å²) in [6.45, 7) is 7.44. The van der Waals surface area contributed by atoms with Crippen LogP contribution in [0.5, 0.6) is 0 Å². The molecule has 6 heteroatoms. The number of nitrogens with zero attached hydrogens (tertiary/aromatic N) is 3. The summed E-state index contributed by atoms with van der Waals surface area (Å²) in [4.78, 5) is 8.08. The molecule has 5 rings (SSSR count). The summed E-state index contributed by atoms with van der Waals surface area (Å²) < 4.78 is 42.6. The molecule has 138 valence electrons. The maximum Gasteiger partial charge on any atom is 0.167 e. The van der Waals surface area contributed by atoms with E-state index in [-0.39, 0.29) is 11.5 Å². The molecular weight excluding hydrogens is 351 g/mol. The van der Waals surface area contributed by atoms with E-state index in [1.54, 1.807) is 11.1 Å². The van der Waals surface area contributed by atoms with E-state index in [0.717, 1.165) is 24.7 Å². The molecule has 0 bridgehead atoms. The molecule has 2 atom stereocenters. The molecule has 2 aromatic rings. The molecule has 1 unspecified atom stereocenters. The van der Waals surface area contributed by atoms with Gasteiger partial charge < -0.3 is 4.90 Å². The first kappa shape index (κ1) is 16.4. The Balaban J connectivity index is 1.65. The van der Waals surface area contributed by atoms with Crippen LogP contribution in [0.4, 0.5) is 30.5 Å². The number of rotatable bonds is 2. The third-order valence-corrected chi connectivity index (χ3v) is 5.74. The number of aromatic nitrogens is 1. The highest BCUT2D eigenvalue weighted by molar-refractivity contribution is 5.90. The molecule has 1 aromatic carbocycles. The van der Waals surface area contributed by atoms with E-state index >= 15 is 0 Å². The van der Waals surface area contributed by atoms with Gasteiger partial charge in [-0.15, -0.1) is 0 Å². The zero-order chi connectivity index (χ0) is 18.9. The zero-order valence-corrected chi connectivity index (χ0v) is 14.8. The quantitative estimate of drug-likeness (QED) is 0.741. The number of anilines is 3. The van der Waals surface area contributed by atoms with Crippen molar-refractivity contribution < 1.29 is 13.2 Å². The molecule has 0 amide bonds. The summed E-state index contributed by atoms with van der Waals surface area (Å²) in [5.74, 6) is 0.206. The smallest absolute Gasteiger partial charge is 0.167 e. The fourth-order valence-corrected chi connectivity index (χ4v) is 4.07. The highest BCUT2D eigenvalue weighted by Crippen LogP contribution is 2.48. The Labute approximate surface area is 155 Å². The average Bonchev–Trinajstić information content (AvgIpc) is 3.24. The van der Waals surface area contributed by atoms with Gasteiger partial charge in [-0.25, -0.2) is 18.2 Å². The van der Waals surface area contributed by atoms with E-state index < -0.39 is 17.5 Å². The Bertz CT molecular complexity index is 1000. The monoisotopic (exact) mass is 369 g/mol. The molecule has 27 heavy (non-hydrogen) atoms. The molecule has 1 saturated heterocycles. The lowest BCUT2D eigenvalue weighted by Crippen LogP contribution is -2.26. The Morgan fingerprint density at radius 3 is 2.48 bits per heavy atom. The number of pyridine rings is 1. The topological polar surface area (TPSA) is 19.4 Å². The maximum atomic E-state index is 14.8. The molecule has 0 radical (unpaired) electrons. The first-order valence-corrected chi connectivity index (χ1v) is 9.00. The third-order valence-electron chi connectivity index (χ3n) is 5.74. The Morgan fingerprint density at radius 2 is 1.78 bits per heavy atom. The number of allylic oxidation sites excluding steroid dienone is 2. The first-order chi connectivity index (χ1) is 12.9. The Morgan fingerprint density at radius 1 is 1.04 bits per heavy atom. The fraction of sp³-hybridized carbons (Fsp3) is 0.286. The van der Waals surface area contributed by atoms with Gasteiger partial charge in [0.2, 0.25) is 0 Å². The van der Waals surface area contributed by atoms with Crippen LogP contribution in [-0.4, -0.2) is 18.1 Å². The van der Waals surface area contributed by atoms with E-state index in [0.29, 0.717) is 28.8 Å². The number of halogens is 3. The van der Waals surface area contributed by atoms with Crippen LogP contribution in [0, 0.1) is 29.3 Å². The molecule has 0 spiro atoms. The highest BCUT2D eigenvalue weighted by Gasteiger charge is 2.46. The van der Waals surface area contributed by atoms with Crippen molar-refractivity contribution in [3.8, 4) is 0 Å². The standard InChI is InChI=1S/C21H18F3N3/c1-11-8-27(19-4-3-15(22)6-17(19)23)20-16(12(11)2)7-18(24)21(25-20)26-9-13-5-14(13)10-26/h3-4,6-8,13-14H,2,5,9-10H2,1H3/t13-,14?/m0/s1. The van der Waals surface area contributed by atoms with Crippen LogP contribution >= 0.6 is 0 Å². The summed E-state index contributed by atoms with van der Waals surface area (Å²) in [5.41, 5.74) is 2.09. The van der Waals surface area contributed by atoms with E-state index in [2.05, 4.69) is 11.6 Å². The normalized spacial score (nSPS) is 23.3. The fourth-order valence-electron chi connectivity index (χ4n) is 4.07. The van der Waals surface area contributed by atoms with Crippen LogP contribution in [-0.2, 0) is 0 Å².